The second-order valence-corrected chi connectivity index (χ2v) is 6.93. The van der Waals surface area contributed by atoms with Crippen molar-refractivity contribution in [1.82, 2.24) is 15.1 Å². The van der Waals surface area contributed by atoms with Crippen molar-refractivity contribution in [1.29, 1.82) is 0 Å². The van der Waals surface area contributed by atoms with E-state index in [0.29, 0.717) is 5.92 Å². The number of nitrogens with zero attached hydrogens (tertiary/aromatic N) is 3. The summed E-state index contributed by atoms with van der Waals surface area (Å²) in [6.07, 6.45) is 3.98. The zero-order chi connectivity index (χ0) is 15.4. The largest absolute Gasteiger partial charge is 0.356 e. The van der Waals surface area contributed by atoms with Crippen molar-refractivity contribution in [2.45, 2.75) is 53.5 Å². The molecule has 1 atom stereocenters. The highest BCUT2D eigenvalue weighted by Crippen LogP contribution is 2.30. The van der Waals surface area contributed by atoms with Crippen molar-refractivity contribution in [3.05, 3.63) is 11.3 Å². The zero-order valence-electron chi connectivity index (χ0n) is 14.4. The minimum atomic E-state index is 0.686. The van der Waals surface area contributed by atoms with Crippen LogP contribution in [0.4, 0.5) is 5.82 Å². The second kappa shape index (κ2) is 7.30. The molecule has 0 spiro atoms. The van der Waals surface area contributed by atoms with E-state index in [9.17, 15) is 0 Å². The minimum absolute atomic E-state index is 0.686. The Kier molecular flexibility index (Phi) is 5.68. The fourth-order valence-electron chi connectivity index (χ4n) is 3.45. The van der Waals surface area contributed by atoms with Gasteiger partial charge in [0.25, 0.3) is 0 Å². The van der Waals surface area contributed by atoms with Crippen LogP contribution in [0.15, 0.2) is 0 Å². The predicted molar refractivity (Wildman–Crippen MR) is 89.7 cm³/mol. The van der Waals surface area contributed by atoms with Gasteiger partial charge in [-0.2, -0.15) is 5.10 Å². The third kappa shape index (κ3) is 4.00. The molecule has 0 radical (unpaired) electrons. The highest BCUT2D eigenvalue weighted by molar-refractivity contribution is 5.51. The summed E-state index contributed by atoms with van der Waals surface area (Å²) in [4.78, 5) is 2.55. The average Bonchev–Trinajstić information content (AvgIpc) is 2.95. The third-order valence-corrected chi connectivity index (χ3v) is 4.45. The summed E-state index contributed by atoms with van der Waals surface area (Å²) >= 11 is 0. The lowest BCUT2D eigenvalue weighted by atomic mass is 10.0. The number of hydrogen-bond donors (Lipinski definition) is 1. The van der Waals surface area contributed by atoms with Gasteiger partial charge < -0.3 is 10.2 Å². The summed E-state index contributed by atoms with van der Waals surface area (Å²) in [6, 6.07) is 0. The molecule has 0 bridgehead atoms. The molecule has 1 aliphatic heterocycles. The van der Waals surface area contributed by atoms with E-state index >= 15 is 0 Å². The molecule has 1 aromatic heterocycles. The van der Waals surface area contributed by atoms with Crippen LogP contribution in [0.3, 0.4) is 0 Å². The van der Waals surface area contributed by atoms with Crippen LogP contribution in [-0.2, 0) is 13.6 Å². The van der Waals surface area contributed by atoms with Gasteiger partial charge in [0.05, 0.1) is 5.69 Å². The van der Waals surface area contributed by atoms with Gasteiger partial charge in [0, 0.05) is 32.2 Å². The van der Waals surface area contributed by atoms with Gasteiger partial charge in [-0.3, -0.25) is 4.68 Å². The topological polar surface area (TPSA) is 33.1 Å². The lowest BCUT2D eigenvalue weighted by Crippen LogP contribution is -2.25. The van der Waals surface area contributed by atoms with E-state index in [2.05, 4.69) is 54.7 Å². The molecule has 0 saturated carbocycles. The molecule has 1 saturated heterocycles. The Bertz CT molecular complexity index is 450. The standard InChI is InChI=1S/C17H32N4/c1-6-7-15-8-9-21(12-15)17-16(11-18-10-13(2)3)14(4)19-20(17)5/h13,15,18H,6-12H2,1-5H3. The van der Waals surface area contributed by atoms with E-state index in [4.69, 9.17) is 0 Å². The highest BCUT2D eigenvalue weighted by atomic mass is 15.4. The van der Waals surface area contributed by atoms with Gasteiger partial charge >= 0.3 is 0 Å². The molecular formula is C17H32N4. The van der Waals surface area contributed by atoms with Crippen LogP contribution in [0.1, 0.15) is 51.3 Å². The van der Waals surface area contributed by atoms with E-state index < -0.39 is 0 Å². The van der Waals surface area contributed by atoms with E-state index in [-0.39, 0.29) is 0 Å². The van der Waals surface area contributed by atoms with E-state index in [0.717, 1.165) is 19.0 Å². The van der Waals surface area contributed by atoms with Crippen molar-refractivity contribution in [3.63, 3.8) is 0 Å². The van der Waals surface area contributed by atoms with Crippen LogP contribution in [0.2, 0.25) is 0 Å². The fourth-order valence-corrected chi connectivity index (χ4v) is 3.45. The number of anilines is 1. The molecule has 4 heteroatoms. The number of aromatic nitrogens is 2. The van der Waals surface area contributed by atoms with Gasteiger partial charge in [-0.1, -0.05) is 27.2 Å². The van der Waals surface area contributed by atoms with Crippen LogP contribution in [0.25, 0.3) is 0 Å². The van der Waals surface area contributed by atoms with E-state index in [1.54, 1.807) is 0 Å². The number of nitrogens with one attached hydrogen (secondary N) is 1. The van der Waals surface area contributed by atoms with Crippen LogP contribution >= 0.6 is 0 Å². The summed E-state index contributed by atoms with van der Waals surface area (Å²) in [7, 11) is 2.08. The Hall–Kier alpha value is -1.03. The van der Waals surface area contributed by atoms with Gasteiger partial charge in [0.1, 0.15) is 5.82 Å². The summed E-state index contributed by atoms with van der Waals surface area (Å²) in [5.74, 6) is 2.88. The van der Waals surface area contributed by atoms with Gasteiger partial charge in [-0.25, -0.2) is 0 Å². The summed E-state index contributed by atoms with van der Waals surface area (Å²) < 4.78 is 2.08. The summed E-state index contributed by atoms with van der Waals surface area (Å²) in [6.45, 7) is 13.3. The molecule has 0 aromatic carbocycles. The summed E-state index contributed by atoms with van der Waals surface area (Å²) in [5, 5.41) is 8.23. The molecule has 1 unspecified atom stereocenters. The quantitative estimate of drug-likeness (QED) is 0.838. The number of aryl methyl sites for hydroxylation is 2. The lowest BCUT2D eigenvalue weighted by Gasteiger charge is -2.21. The normalized spacial score (nSPS) is 19.0. The van der Waals surface area contributed by atoms with Crippen molar-refractivity contribution < 1.29 is 0 Å². The molecule has 2 rings (SSSR count). The Balaban J connectivity index is 2.08. The van der Waals surface area contributed by atoms with Crippen molar-refractivity contribution in [2.75, 3.05) is 24.5 Å². The molecular weight excluding hydrogens is 260 g/mol. The van der Waals surface area contributed by atoms with Crippen molar-refractivity contribution in [3.8, 4) is 0 Å². The zero-order valence-corrected chi connectivity index (χ0v) is 14.4. The number of rotatable bonds is 7. The molecule has 21 heavy (non-hydrogen) atoms. The molecule has 4 nitrogen and oxygen atoms in total. The molecule has 1 aromatic rings. The Morgan fingerprint density at radius 3 is 2.81 bits per heavy atom. The molecule has 0 aliphatic carbocycles. The lowest BCUT2D eigenvalue weighted by molar-refractivity contribution is 0.528. The molecule has 2 heterocycles. The minimum Gasteiger partial charge on any atom is -0.356 e. The molecule has 1 N–H and O–H groups in total. The van der Waals surface area contributed by atoms with Gasteiger partial charge in [-0.15, -0.1) is 0 Å². The number of hydrogen-bond acceptors (Lipinski definition) is 3. The first-order valence-corrected chi connectivity index (χ1v) is 8.51. The van der Waals surface area contributed by atoms with Crippen LogP contribution in [0, 0.1) is 18.8 Å². The Labute approximate surface area is 129 Å². The highest BCUT2D eigenvalue weighted by Gasteiger charge is 2.26. The fraction of sp³-hybridized carbons (Fsp3) is 0.824. The first kappa shape index (κ1) is 16.3. The average molecular weight is 292 g/mol. The smallest absolute Gasteiger partial charge is 0.131 e. The van der Waals surface area contributed by atoms with Crippen LogP contribution < -0.4 is 10.2 Å². The monoisotopic (exact) mass is 292 g/mol. The first-order chi connectivity index (χ1) is 10.0. The van der Waals surface area contributed by atoms with Gasteiger partial charge in [0.2, 0.25) is 0 Å². The Morgan fingerprint density at radius 1 is 1.38 bits per heavy atom. The van der Waals surface area contributed by atoms with E-state index in [1.807, 2.05) is 0 Å². The van der Waals surface area contributed by atoms with Crippen molar-refractivity contribution in [2.24, 2.45) is 18.9 Å². The van der Waals surface area contributed by atoms with Crippen molar-refractivity contribution >= 4 is 5.82 Å². The maximum atomic E-state index is 4.66. The molecule has 0 amide bonds. The van der Waals surface area contributed by atoms with Gasteiger partial charge in [-0.05, 0) is 38.1 Å². The van der Waals surface area contributed by atoms with Gasteiger partial charge in [0.15, 0.2) is 0 Å². The predicted octanol–water partition coefficient (Wildman–Crippen LogP) is 3.10. The molecule has 120 valence electrons. The second-order valence-electron chi connectivity index (χ2n) is 6.93. The van der Waals surface area contributed by atoms with Crippen LogP contribution in [0.5, 0.6) is 0 Å². The van der Waals surface area contributed by atoms with Crippen LogP contribution in [-0.4, -0.2) is 29.4 Å². The summed E-state index contributed by atoms with van der Waals surface area (Å²) in [5.41, 5.74) is 2.55. The third-order valence-electron chi connectivity index (χ3n) is 4.45. The first-order valence-electron chi connectivity index (χ1n) is 8.51. The Morgan fingerprint density at radius 2 is 2.14 bits per heavy atom. The molecule has 1 fully saturated rings. The molecule has 1 aliphatic rings. The maximum absolute atomic E-state index is 4.66. The SMILES string of the molecule is CCCC1CCN(c2c(CNCC(C)C)c(C)nn2C)C1. The van der Waals surface area contributed by atoms with E-state index in [1.165, 1.54) is 49.4 Å². The maximum Gasteiger partial charge on any atom is 0.131 e.